The van der Waals surface area contributed by atoms with E-state index in [1.54, 1.807) is 0 Å². The predicted octanol–water partition coefficient (Wildman–Crippen LogP) is 2.95. The first-order chi connectivity index (χ1) is 10.1. The first-order valence-electron chi connectivity index (χ1n) is 6.81. The van der Waals surface area contributed by atoms with Gasteiger partial charge >= 0.3 is 0 Å². The molecule has 1 atom stereocenters. The van der Waals surface area contributed by atoms with Crippen molar-refractivity contribution in [2.75, 3.05) is 4.90 Å². The van der Waals surface area contributed by atoms with Crippen LogP contribution in [0.3, 0.4) is 0 Å². The van der Waals surface area contributed by atoms with E-state index in [9.17, 15) is 14.0 Å². The number of rotatable bonds is 3. The zero-order valence-electron chi connectivity index (χ0n) is 11.3. The zero-order valence-corrected chi connectivity index (χ0v) is 11.3. The van der Waals surface area contributed by atoms with Gasteiger partial charge in [0.25, 0.3) is 0 Å². The summed E-state index contributed by atoms with van der Waals surface area (Å²) in [6, 6.07) is 15.0. The predicted molar refractivity (Wildman–Crippen MR) is 77.1 cm³/mol. The summed E-state index contributed by atoms with van der Waals surface area (Å²) >= 11 is 0. The second kappa shape index (κ2) is 5.48. The van der Waals surface area contributed by atoms with E-state index in [4.69, 9.17) is 0 Å². The Morgan fingerprint density at radius 3 is 2.33 bits per heavy atom. The van der Waals surface area contributed by atoms with Crippen molar-refractivity contribution in [1.29, 1.82) is 0 Å². The summed E-state index contributed by atoms with van der Waals surface area (Å²) in [5, 5.41) is 0. The maximum absolute atomic E-state index is 12.9. The van der Waals surface area contributed by atoms with Gasteiger partial charge in [0.1, 0.15) is 5.82 Å². The minimum atomic E-state index is -0.390. The van der Waals surface area contributed by atoms with Gasteiger partial charge in [-0.15, -0.1) is 0 Å². The minimum absolute atomic E-state index is 0.200. The van der Waals surface area contributed by atoms with E-state index in [0.717, 1.165) is 10.5 Å². The van der Waals surface area contributed by atoms with Crippen LogP contribution in [0.1, 0.15) is 12.0 Å². The van der Waals surface area contributed by atoms with Gasteiger partial charge in [-0.1, -0.05) is 30.3 Å². The van der Waals surface area contributed by atoms with Gasteiger partial charge in [0.2, 0.25) is 11.8 Å². The fraction of sp³-hybridized carbons (Fsp3) is 0.176. The van der Waals surface area contributed by atoms with Gasteiger partial charge in [0.05, 0.1) is 11.6 Å². The first kappa shape index (κ1) is 13.5. The SMILES string of the molecule is O=C1C[C@@H](Cc2ccccc2)C(=O)N1c1ccc(F)cc1. The van der Waals surface area contributed by atoms with Crippen molar-refractivity contribution in [3.8, 4) is 0 Å². The lowest BCUT2D eigenvalue weighted by molar-refractivity contribution is -0.122. The van der Waals surface area contributed by atoms with Crippen LogP contribution in [0.25, 0.3) is 0 Å². The average molecular weight is 283 g/mol. The van der Waals surface area contributed by atoms with E-state index in [1.165, 1.54) is 24.3 Å². The Balaban J connectivity index is 1.80. The number of amides is 2. The number of carbonyl (C=O) groups excluding carboxylic acids is 2. The average Bonchev–Trinajstić information content (AvgIpc) is 2.76. The molecule has 2 amide bonds. The van der Waals surface area contributed by atoms with E-state index in [1.807, 2.05) is 30.3 Å². The van der Waals surface area contributed by atoms with Crippen molar-refractivity contribution < 1.29 is 14.0 Å². The zero-order chi connectivity index (χ0) is 14.8. The molecule has 2 aromatic carbocycles. The Bertz CT molecular complexity index is 667. The van der Waals surface area contributed by atoms with Gasteiger partial charge in [-0.25, -0.2) is 4.39 Å². The van der Waals surface area contributed by atoms with E-state index >= 15 is 0 Å². The lowest BCUT2D eigenvalue weighted by atomic mass is 9.98. The van der Waals surface area contributed by atoms with Gasteiger partial charge in [0.15, 0.2) is 0 Å². The molecule has 1 fully saturated rings. The molecule has 0 spiro atoms. The Morgan fingerprint density at radius 1 is 1.00 bits per heavy atom. The fourth-order valence-electron chi connectivity index (χ4n) is 2.61. The van der Waals surface area contributed by atoms with Crippen molar-refractivity contribution in [1.82, 2.24) is 0 Å². The van der Waals surface area contributed by atoms with Crippen LogP contribution in [-0.2, 0) is 16.0 Å². The van der Waals surface area contributed by atoms with Crippen molar-refractivity contribution in [3.63, 3.8) is 0 Å². The van der Waals surface area contributed by atoms with Crippen LogP contribution < -0.4 is 4.90 Å². The molecular formula is C17H14FNO2. The third kappa shape index (κ3) is 2.70. The summed E-state index contributed by atoms with van der Waals surface area (Å²) in [5.74, 6) is -1.17. The molecule has 1 saturated heterocycles. The fourth-order valence-corrected chi connectivity index (χ4v) is 2.61. The van der Waals surface area contributed by atoms with Crippen LogP contribution in [0.15, 0.2) is 54.6 Å². The van der Waals surface area contributed by atoms with Gasteiger partial charge < -0.3 is 0 Å². The van der Waals surface area contributed by atoms with Crippen molar-refractivity contribution >= 4 is 17.5 Å². The largest absolute Gasteiger partial charge is 0.274 e. The summed E-state index contributed by atoms with van der Waals surface area (Å²) in [7, 11) is 0. The highest BCUT2D eigenvalue weighted by molar-refractivity contribution is 6.20. The maximum Gasteiger partial charge on any atom is 0.237 e. The van der Waals surface area contributed by atoms with Crippen molar-refractivity contribution in [2.45, 2.75) is 12.8 Å². The standard InChI is InChI=1S/C17H14FNO2/c18-14-6-8-15(9-7-14)19-16(20)11-13(17(19)21)10-12-4-2-1-3-5-12/h1-9,13H,10-11H2/t13-/m1/s1. The van der Waals surface area contributed by atoms with E-state index in [0.29, 0.717) is 12.1 Å². The number of hydrogen-bond acceptors (Lipinski definition) is 2. The highest BCUT2D eigenvalue weighted by Crippen LogP contribution is 2.28. The van der Waals surface area contributed by atoms with Crippen molar-refractivity contribution in [3.05, 3.63) is 66.0 Å². The highest BCUT2D eigenvalue weighted by atomic mass is 19.1. The molecule has 0 bridgehead atoms. The van der Waals surface area contributed by atoms with E-state index < -0.39 is 5.82 Å². The Morgan fingerprint density at radius 2 is 1.67 bits per heavy atom. The molecule has 1 aliphatic heterocycles. The number of imide groups is 1. The topological polar surface area (TPSA) is 37.4 Å². The number of halogens is 1. The molecule has 0 aliphatic carbocycles. The number of carbonyl (C=O) groups is 2. The molecular weight excluding hydrogens is 269 g/mol. The lowest BCUT2D eigenvalue weighted by Crippen LogP contribution is -2.30. The Hall–Kier alpha value is -2.49. The van der Waals surface area contributed by atoms with Gasteiger partial charge in [-0.2, -0.15) is 0 Å². The second-order valence-corrected chi connectivity index (χ2v) is 5.13. The molecule has 2 aromatic rings. The number of hydrogen-bond donors (Lipinski definition) is 0. The molecule has 1 aliphatic rings. The molecule has 1 heterocycles. The van der Waals surface area contributed by atoms with Crippen LogP contribution in [0.2, 0.25) is 0 Å². The molecule has 0 radical (unpaired) electrons. The third-order valence-electron chi connectivity index (χ3n) is 3.65. The highest BCUT2D eigenvalue weighted by Gasteiger charge is 2.39. The van der Waals surface area contributed by atoms with Crippen LogP contribution in [0.5, 0.6) is 0 Å². The number of benzene rings is 2. The quantitative estimate of drug-likeness (QED) is 0.812. The maximum atomic E-state index is 12.9. The molecule has 0 N–H and O–H groups in total. The van der Waals surface area contributed by atoms with Gasteiger partial charge in [-0.3, -0.25) is 14.5 Å². The van der Waals surface area contributed by atoms with Crippen LogP contribution >= 0.6 is 0 Å². The van der Waals surface area contributed by atoms with E-state index in [2.05, 4.69) is 0 Å². The molecule has 3 nitrogen and oxygen atoms in total. The van der Waals surface area contributed by atoms with Gasteiger partial charge in [0, 0.05) is 6.42 Å². The molecule has 3 rings (SSSR count). The minimum Gasteiger partial charge on any atom is -0.274 e. The van der Waals surface area contributed by atoms with Gasteiger partial charge in [-0.05, 0) is 36.2 Å². The molecule has 106 valence electrons. The normalized spacial score (nSPS) is 18.3. The molecule has 0 unspecified atom stereocenters. The third-order valence-corrected chi connectivity index (χ3v) is 3.65. The summed E-state index contributed by atoms with van der Waals surface area (Å²) < 4.78 is 12.9. The molecule has 0 saturated carbocycles. The summed E-state index contributed by atoms with van der Waals surface area (Å²) in [4.78, 5) is 25.7. The van der Waals surface area contributed by atoms with Crippen LogP contribution in [0, 0.1) is 11.7 Å². The monoisotopic (exact) mass is 283 g/mol. The number of nitrogens with zero attached hydrogens (tertiary/aromatic N) is 1. The van der Waals surface area contributed by atoms with Crippen LogP contribution in [0.4, 0.5) is 10.1 Å². The molecule has 4 heteroatoms. The lowest BCUT2D eigenvalue weighted by Gasteiger charge is -2.15. The van der Waals surface area contributed by atoms with E-state index in [-0.39, 0.29) is 24.2 Å². The smallest absolute Gasteiger partial charge is 0.237 e. The molecule has 0 aromatic heterocycles. The first-order valence-corrected chi connectivity index (χ1v) is 6.81. The molecule has 21 heavy (non-hydrogen) atoms. The summed E-state index contributed by atoms with van der Waals surface area (Å²) in [6.45, 7) is 0. The number of anilines is 1. The summed E-state index contributed by atoms with van der Waals surface area (Å²) in [6.07, 6.45) is 0.744. The summed E-state index contributed by atoms with van der Waals surface area (Å²) in [5.41, 5.74) is 1.46. The Kier molecular flexibility index (Phi) is 3.52. The van der Waals surface area contributed by atoms with Crippen molar-refractivity contribution in [2.24, 2.45) is 5.92 Å². The van der Waals surface area contributed by atoms with Crippen LogP contribution in [-0.4, -0.2) is 11.8 Å². The second-order valence-electron chi connectivity index (χ2n) is 5.13. The Labute approximate surface area is 122 Å².